The van der Waals surface area contributed by atoms with E-state index in [4.69, 9.17) is 4.74 Å². The monoisotopic (exact) mass is 470 g/mol. The molecule has 1 amide bonds. The SMILES string of the molecule is COC(=O)c1c(NC(=O)c2cccc(NS(=O)(=O)c3ccccc3)c2)sc2c1CCCC2. The number of hydrogen-bond donors (Lipinski definition) is 2. The number of thiophene rings is 1. The van der Waals surface area contributed by atoms with Crippen molar-refractivity contribution in [1.82, 2.24) is 0 Å². The van der Waals surface area contributed by atoms with Gasteiger partial charge in [0.15, 0.2) is 0 Å². The van der Waals surface area contributed by atoms with Crippen molar-refractivity contribution in [3.05, 3.63) is 76.2 Å². The summed E-state index contributed by atoms with van der Waals surface area (Å²) in [7, 11) is -2.46. The average Bonchev–Trinajstić information content (AvgIpc) is 3.16. The molecule has 2 aromatic carbocycles. The Labute approximate surface area is 190 Å². The summed E-state index contributed by atoms with van der Waals surface area (Å²) < 4.78 is 32.6. The molecule has 166 valence electrons. The zero-order valence-electron chi connectivity index (χ0n) is 17.4. The molecule has 3 aromatic rings. The predicted molar refractivity (Wildman–Crippen MR) is 124 cm³/mol. The van der Waals surface area contributed by atoms with Gasteiger partial charge in [-0.3, -0.25) is 9.52 Å². The third-order valence-electron chi connectivity index (χ3n) is 5.22. The van der Waals surface area contributed by atoms with Crippen LogP contribution < -0.4 is 10.0 Å². The number of methoxy groups -OCH3 is 1. The standard InChI is InChI=1S/C23H22N2O5S2/c1-30-23(27)20-18-12-5-6-13-19(18)31-22(20)24-21(26)15-8-7-9-16(14-15)25-32(28,29)17-10-3-2-4-11-17/h2-4,7-11,14,25H,5-6,12-13H2,1H3,(H,24,26). The fraction of sp³-hybridized carbons (Fsp3) is 0.217. The molecule has 1 heterocycles. The Morgan fingerprint density at radius 2 is 1.75 bits per heavy atom. The van der Waals surface area contributed by atoms with E-state index in [2.05, 4.69) is 10.0 Å². The van der Waals surface area contributed by atoms with Gasteiger partial charge in [-0.2, -0.15) is 0 Å². The number of ether oxygens (including phenoxy) is 1. The topological polar surface area (TPSA) is 102 Å². The van der Waals surface area contributed by atoms with E-state index in [-0.39, 0.29) is 16.1 Å². The van der Waals surface area contributed by atoms with Gasteiger partial charge in [-0.15, -0.1) is 11.3 Å². The van der Waals surface area contributed by atoms with Gasteiger partial charge in [-0.05, 0) is 61.6 Å². The van der Waals surface area contributed by atoms with Gasteiger partial charge >= 0.3 is 5.97 Å². The Morgan fingerprint density at radius 1 is 1.00 bits per heavy atom. The number of rotatable bonds is 6. The number of sulfonamides is 1. The Balaban J connectivity index is 1.58. The van der Waals surface area contributed by atoms with Crippen LogP contribution in [0.3, 0.4) is 0 Å². The fourth-order valence-electron chi connectivity index (χ4n) is 3.68. The molecule has 0 radical (unpaired) electrons. The normalized spacial score (nSPS) is 13.2. The first-order valence-corrected chi connectivity index (χ1v) is 12.4. The fourth-order valence-corrected chi connectivity index (χ4v) is 6.03. The van der Waals surface area contributed by atoms with Crippen LogP contribution in [0.2, 0.25) is 0 Å². The number of carbonyl (C=O) groups is 2. The maximum atomic E-state index is 12.9. The van der Waals surface area contributed by atoms with Crippen molar-refractivity contribution in [2.75, 3.05) is 17.1 Å². The Morgan fingerprint density at radius 3 is 2.50 bits per heavy atom. The molecule has 1 aromatic heterocycles. The Hall–Kier alpha value is -3.17. The van der Waals surface area contributed by atoms with Crippen LogP contribution in [-0.2, 0) is 27.6 Å². The quantitative estimate of drug-likeness (QED) is 0.518. The number of anilines is 2. The van der Waals surface area contributed by atoms with Crippen LogP contribution in [-0.4, -0.2) is 27.4 Å². The van der Waals surface area contributed by atoms with E-state index < -0.39 is 21.9 Å². The molecule has 7 nitrogen and oxygen atoms in total. The van der Waals surface area contributed by atoms with Crippen molar-refractivity contribution >= 4 is 43.9 Å². The van der Waals surface area contributed by atoms with Crippen LogP contribution in [0, 0.1) is 0 Å². The molecule has 1 aliphatic rings. The molecule has 0 fully saturated rings. The zero-order chi connectivity index (χ0) is 22.7. The van der Waals surface area contributed by atoms with Gasteiger partial charge in [0.05, 0.1) is 17.6 Å². The summed E-state index contributed by atoms with van der Waals surface area (Å²) >= 11 is 1.40. The summed E-state index contributed by atoms with van der Waals surface area (Å²) in [5.74, 6) is -0.904. The second-order valence-electron chi connectivity index (χ2n) is 7.36. The van der Waals surface area contributed by atoms with Gasteiger partial charge in [-0.25, -0.2) is 13.2 Å². The molecular formula is C23H22N2O5S2. The summed E-state index contributed by atoms with van der Waals surface area (Å²) in [6, 6.07) is 14.2. The molecule has 1 aliphatic carbocycles. The van der Waals surface area contributed by atoms with E-state index in [1.54, 1.807) is 36.4 Å². The highest BCUT2D eigenvalue weighted by Gasteiger charge is 2.27. The van der Waals surface area contributed by atoms with Crippen LogP contribution >= 0.6 is 11.3 Å². The second kappa shape index (κ2) is 9.13. The molecule has 0 saturated heterocycles. The highest BCUT2D eigenvalue weighted by Crippen LogP contribution is 2.38. The van der Waals surface area contributed by atoms with Gasteiger partial charge in [0.25, 0.3) is 15.9 Å². The van der Waals surface area contributed by atoms with Gasteiger partial charge in [-0.1, -0.05) is 24.3 Å². The van der Waals surface area contributed by atoms with Crippen molar-refractivity contribution in [3.63, 3.8) is 0 Å². The van der Waals surface area contributed by atoms with Crippen molar-refractivity contribution in [3.8, 4) is 0 Å². The van der Waals surface area contributed by atoms with Crippen LogP contribution in [0.15, 0.2) is 59.5 Å². The number of esters is 1. The van der Waals surface area contributed by atoms with Crippen LogP contribution in [0.5, 0.6) is 0 Å². The molecule has 0 bridgehead atoms. The molecule has 32 heavy (non-hydrogen) atoms. The van der Waals surface area contributed by atoms with Gasteiger partial charge in [0, 0.05) is 16.1 Å². The molecule has 0 aliphatic heterocycles. The minimum Gasteiger partial charge on any atom is -0.465 e. The first-order valence-electron chi connectivity index (χ1n) is 10.1. The maximum absolute atomic E-state index is 12.9. The van der Waals surface area contributed by atoms with Gasteiger partial charge < -0.3 is 10.1 Å². The van der Waals surface area contributed by atoms with E-state index in [1.807, 2.05) is 0 Å². The van der Waals surface area contributed by atoms with Gasteiger partial charge in [0.1, 0.15) is 5.00 Å². The summed E-state index contributed by atoms with van der Waals surface area (Å²) in [5.41, 5.74) is 1.90. The van der Waals surface area contributed by atoms with Crippen molar-refractivity contribution in [2.24, 2.45) is 0 Å². The molecule has 4 rings (SSSR count). The summed E-state index contributed by atoms with van der Waals surface area (Å²) in [6.45, 7) is 0. The third-order valence-corrected chi connectivity index (χ3v) is 7.82. The molecule has 0 saturated carbocycles. The number of amides is 1. The molecule has 0 unspecified atom stereocenters. The lowest BCUT2D eigenvalue weighted by Crippen LogP contribution is -2.16. The maximum Gasteiger partial charge on any atom is 0.341 e. The highest BCUT2D eigenvalue weighted by atomic mass is 32.2. The van der Waals surface area contributed by atoms with E-state index >= 15 is 0 Å². The minimum absolute atomic E-state index is 0.127. The largest absolute Gasteiger partial charge is 0.465 e. The van der Waals surface area contributed by atoms with Crippen LogP contribution in [0.4, 0.5) is 10.7 Å². The summed E-state index contributed by atoms with van der Waals surface area (Å²) in [5, 5.41) is 3.28. The van der Waals surface area contributed by atoms with Crippen molar-refractivity contribution in [2.45, 2.75) is 30.6 Å². The predicted octanol–water partition coefficient (Wildman–Crippen LogP) is 4.47. The van der Waals surface area contributed by atoms with E-state index in [0.717, 1.165) is 36.1 Å². The first kappa shape index (κ1) is 22.0. The Bertz CT molecular complexity index is 1270. The molecule has 0 atom stereocenters. The third kappa shape index (κ3) is 4.53. The summed E-state index contributed by atoms with van der Waals surface area (Å²) in [4.78, 5) is 26.6. The number of fused-ring (bicyclic) bond motifs is 1. The minimum atomic E-state index is -3.78. The number of hydrogen-bond acceptors (Lipinski definition) is 6. The number of carbonyl (C=O) groups excluding carboxylic acids is 2. The highest BCUT2D eigenvalue weighted by molar-refractivity contribution is 7.92. The molecular weight excluding hydrogens is 448 g/mol. The average molecular weight is 471 g/mol. The first-order chi connectivity index (χ1) is 15.4. The molecule has 9 heteroatoms. The molecule has 0 spiro atoms. The lowest BCUT2D eigenvalue weighted by molar-refractivity contribution is 0.0601. The summed E-state index contributed by atoms with van der Waals surface area (Å²) in [6.07, 6.45) is 3.69. The second-order valence-corrected chi connectivity index (χ2v) is 10.1. The number of nitrogens with one attached hydrogen (secondary N) is 2. The zero-order valence-corrected chi connectivity index (χ0v) is 19.0. The Kier molecular flexibility index (Phi) is 6.29. The van der Waals surface area contributed by atoms with E-state index in [9.17, 15) is 18.0 Å². The number of benzene rings is 2. The smallest absolute Gasteiger partial charge is 0.341 e. The number of aryl methyl sites for hydroxylation is 1. The molecule has 2 N–H and O–H groups in total. The lowest BCUT2D eigenvalue weighted by Gasteiger charge is -2.12. The van der Waals surface area contributed by atoms with Gasteiger partial charge in [0.2, 0.25) is 0 Å². The van der Waals surface area contributed by atoms with E-state index in [0.29, 0.717) is 10.6 Å². The van der Waals surface area contributed by atoms with Crippen LogP contribution in [0.25, 0.3) is 0 Å². The lowest BCUT2D eigenvalue weighted by atomic mass is 9.95. The van der Waals surface area contributed by atoms with Crippen LogP contribution in [0.1, 0.15) is 44.0 Å². The van der Waals surface area contributed by atoms with Crippen molar-refractivity contribution < 1.29 is 22.7 Å². The van der Waals surface area contributed by atoms with Crippen molar-refractivity contribution in [1.29, 1.82) is 0 Å². The van der Waals surface area contributed by atoms with E-state index in [1.165, 1.54) is 36.6 Å².